The Labute approximate surface area is 121 Å². The molecule has 1 N–H and O–H groups in total. The van der Waals surface area contributed by atoms with Gasteiger partial charge in [-0.2, -0.15) is 0 Å². The molecule has 2 heteroatoms. The summed E-state index contributed by atoms with van der Waals surface area (Å²) in [6.07, 6.45) is 2.52. The van der Waals surface area contributed by atoms with Gasteiger partial charge in [0.15, 0.2) is 0 Å². The Bertz CT molecular complexity index is 484. The van der Waals surface area contributed by atoms with Crippen LogP contribution in [0, 0.1) is 5.92 Å². The van der Waals surface area contributed by atoms with Crippen molar-refractivity contribution in [2.75, 3.05) is 0 Å². The first-order chi connectivity index (χ1) is 9.10. The van der Waals surface area contributed by atoms with E-state index in [4.69, 9.17) is 0 Å². The van der Waals surface area contributed by atoms with Crippen molar-refractivity contribution in [1.29, 1.82) is 0 Å². The normalized spacial score (nSPS) is 16.4. The number of thiophene rings is 1. The van der Waals surface area contributed by atoms with Crippen LogP contribution in [0.5, 0.6) is 0 Å². The Balaban J connectivity index is 2.01. The van der Waals surface area contributed by atoms with Gasteiger partial charge in [0.05, 0.1) is 0 Å². The largest absolute Gasteiger partial charge is 0.307 e. The van der Waals surface area contributed by atoms with E-state index >= 15 is 0 Å². The van der Waals surface area contributed by atoms with Crippen molar-refractivity contribution in [1.82, 2.24) is 5.32 Å². The van der Waals surface area contributed by atoms with E-state index in [1.807, 2.05) is 11.3 Å². The lowest BCUT2D eigenvalue weighted by atomic mass is 10.00. The number of nitrogens with one attached hydrogen (secondary N) is 1. The molecule has 0 fully saturated rings. The summed E-state index contributed by atoms with van der Waals surface area (Å²) < 4.78 is 1.39. The van der Waals surface area contributed by atoms with Gasteiger partial charge in [0.1, 0.15) is 0 Å². The lowest BCUT2D eigenvalue weighted by Crippen LogP contribution is -2.29. The molecule has 0 aliphatic rings. The molecule has 19 heavy (non-hydrogen) atoms. The van der Waals surface area contributed by atoms with Crippen molar-refractivity contribution in [3.05, 3.63) is 35.2 Å². The molecule has 1 aromatic carbocycles. The van der Waals surface area contributed by atoms with Gasteiger partial charge in [-0.15, -0.1) is 11.3 Å². The van der Waals surface area contributed by atoms with Crippen molar-refractivity contribution >= 4 is 21.4 Å². The van der Waals surface area contributed by atoms with E-state index in [0.29, 0.717) is 12.1 Å². The van der Waals surface area contributed by atoms with Crippen molar-refractivity contribution in [2.45, 2.75) is 52.6 Å². The summed E-state index contributed by atoms with van der Waals surface area (Å²) in [5.74, 6) is 0.803. The first-order valence-corrected chi connectivity index (χ1v) is 8.16. The fraction of sp³-hybridized carbons (Fsp3) is 0.529. The van der Waals surface area contributed by atoms with Crippen molar-refractivity contribution < 1.29 is 0 Å². The SMILES string of the molecule is CCC(C)CC(C)NC(C)c1cc2ccccc2s1. The fourth-order valence-corrected chi connectivity index (χ4v) is 3.64. The molecule has 0 aliphatic heterocycles. The molecule has 0 bridgehead atoms. The third-order valence-corrected chi connectivity index (χ3v) is 5.16. The van der Waals surface area contributed by atoms with Crippen LogP contribution in [0.3, 0.4) is 0 Å². The second kappa shape index (κ2) is 6.53. The summed E-state index contributed by atoms with van der Waals surface area (Å²) >= 11 is 1.91. The van der Waals surface area contributed by atoms with E-state index in [9.17, 15) is 0 Å². The van der Waals surface area contributed by atoms with Gasteiger partial charge >= 0.3 is 0 Å². The molecule has 3 unspecified atom stereocenters. The van der Waals surface area contributed by atoms with Crippen molar-refractivity contribution in [3.63, 3.8) is 0 Å². The average Bonchev–Trinajstić information content (AvgIpc) is 2.82. The summed E-state index contributed by atoms with van der Waals surface area (Å²) in [4.78, 5) is 1.44. The van der Waals surface area contributed by atoms with Crippen molar-refractivity contribution in [2.24, 2.45) is 5.92 Å². The van der Waals surface area contributed by atoms with Crippen molar-refractivity contribution in [3.8, 4) is 0 Å². The minimum Gasteiger partial charge on any atom is -0.307 e. The highest BCUT2D eigenvalue weighted by Crippen LogP contribution is 2.30. The number of hydrogen-bond donors (Lipinski definition) is 1. The molecular formula is C17H25NS. The van der Waals surface area contributed by atoms with Crippen LogP contribution in [0.2, 0.25) is 0 Å². The Morgan fingerprint density at radius 3 is 2.58 bits per heavy atom. The Hall–Kier alpha value is -0.860. The average molecular weight is 275 g/mol. The number of fused-ring (bicyclic) bond motifs is 1. The molecule has 3 atom stereocenters. The highest BCUT2D eigenvalue weighted by molar-refractivity contribution is 7.19. The first kappa shape index (κ1) is 14.5. The molecule has 0 radical (unpaired) electrons. The summed E-state index contributed by atoms with van der Waals surface area (Å²) in [6.45, 7) is 9.18. The van der Waals surface area contributed by atoms with Crippen LogP contribution in [-0.4, -0.2) is 6.04 Å². The summed E-state index contributed by atoms with van der Waals surface area (Å²) in [7, 11) is 0. The van der Waals surface area contributed by atoms with E-state index in [0.717, 1.165) is 5.92 Å². The smallest absolute Gasteiger partial charge is 0.0388 e. The molecule has 0 saturated carbocycles. The van der Waals surface area contributed by atoms with Crippen LogP contribution in [-0.2, 0) is 0 Å². The van der Waals surface area contributed by atoms with Gasteiger partial charge in [0.25, 0.3) is 0 Å². The van der Waals surface area contributed by atoms with Gasteiger partial charge in [0, 0.05) is 21.7 Å². The van der Waals surface area contributed by atoms with E-state index in [1.165, 1.54) is 27.8 Å². The zero-order valence-electron chi connectivity index (χ0n) is 12.4. The maximum Gasteiger partial charge on any atom is 0.0388 e. The monoisotopic (exact) mass is 275 g/mol. The highest BCUT2D eigenvalue weighted by atomic mass is 32.1. The highest BCUT2D eigenvalue weighted by Gasteiger charge is 2.13. The molecular weight excluding hydrogens is 250 g/mol. The van der Waals surface area contributed by atoms with Crippen LogP contribution in [0.1, 0.15) is 51.5 Å². The number of rotatable bonds is 6. The molecule has 0 amide bonds. The summed E-state index contributed by atoms with van der Waals surface area (Å²) in [5, 5.41) is 5.10. The molecule has 1 heterocycles. The Morgan fingerprint density at radius 1 is 1.16 bits per heavy atom. The Morgan fingerprint density at radius 2 is 1.89 bits per heavy atom. The predicted octanol–water partition coefficient (Wildman–Crippen LogP) is 5.38. The van der Waals surface area contributed by atoms with Crippen LogP contribution >= 0.6 is 11.3 Å². The van der Waals surface area contributed by atoms with E-state index < -0.39 is 0 Å². The van der Waals surface area contributed by atoms with E-state index in [2.05, 4.69) is 63.3 Å². The van der Waals surface area contributed by atoms with Crippen LogP contribution in [0.15, 0.2) is 30.3 Å². The minimum absolute atomic E-state index is 0.441. The molecule has 1 nitrogen and oxygen atoms in total. The second-order valence-corrected chi connectivity index (χ2v) is 6.84. The molecule has 1 aromatic heterocycles. The third kappa shape index (κ3) is 3.80. The van der Waals surface area contributed by atoms with Crippen LogP contribution in [0.4, 0.5) is 0 Å². The molecule has 104 valence electrons. The van der Waals surface area contributed by atoms with Crippen LogP contribution in [0.25, 0.3) is 10.1 Å². The standard InChI is InChI=1S/C17H25NS/c1-5-12(2)10-13(3)18-14(4)17-11-15-8-6-7-9-16(15)19-17/h6-9,11-14,18H,5,10H2,1-4H3. The van der Waals surface area contributed by atoms with Gasteiger partial charge in [-0.3, -0.25) is 0 Å². The molecule has 0 spiro atoms. The zero-order chi connectivity index (χ0) is 13.8. The molecule has 2 aromatic rings. The summed E-state index contributed by atoms with van der Waals surface area (Å²) in [5.41, 5.74) is 0. The quantitative estimate of drug-likeness (QED) is 0.746. The number of benzene rings is 1. The third-order valence-electron chi connectivity index (χ3n) is 3.86. The van der Waals surface area contributed by atoms with Gasteiger partial charge in [-0.25, -0.2) is 0 Å². The number of hydrogen-bond acceptors (Lipinski definition) is 2. The lowest BCUT2D eigenvalue weighted by Gasteiger charge is -2.21. The Kier molecular flexibility index (Phi) is 5.00. The lowest BCUT2D eigenvalue weighted by molar-refractivity contribution is 0.387. The molecule has 2 rings (SSSR count). The van der Waals surface area contributed by atoms with Gasteiger partial charge < -0.3 is 5.32 Å². The maximum atomic E-state index is 3.73. The van der Waals surface area contributed by atoms with E-state index in [1.54, 1.807) is 0 Å². The van der Waals surface area contributed by atoms with Gasteiger partial charge in [-0.05, 0) is 43.7 Å². The molecule has 0 saturated heterocycles. The zero-order valence-corrected chi connectivity index (χ0v) is 13.3. The van der Waals surface area contributed by atoms with Crippen LogP contribution < -0.4 is 5.32 Å². The van der Waals surface area contributed by atoms with E-state index in [-0.39, 0.29) is 0 Å². The topological polar surface area (TPSA) is 12.0 Å². The predicted molar refractivity (Wildman–Crippen MR) is 86.9 cm³/mol. The first-order valence-electron chi connectivity index (χ1n) is 7.34. The molecule has 0 aliphatic carbocycles. The summed E-state index contributed by atoms with van der Waals surface area (Å²) in [6, 6.07) is 12.0. The maximum absolute atomic E-state index is 3.73. The minimum atomic E-state index is 0.441. The van der Waals surface area contributed by atoms with Gasteiger partial charge in [0.2, 0.25) is 0 Å². The van der Waals surface area contributed by atoms with Gasteiger partial charge in [-0.1, -0.05) is 38.5 Å². The second-order valence-electron chi connectivity index (χ2n) is 5.73. The fourth-order valence-electron chi connectivity index (χ4n) is 2.56.